The molecule has 0 spiro atoms. The minimum atomic E-state index is -3.90. The first-order chi connectivity index (χ1) is 14.4. The Morgan fingerprint density at radius 2 is 1.97 bits per heavy atom. The van der Waals surface area contributed by atoms with Crippen molar-refractivity contribution in [3.63, 3.8) is 0 Å². The van der Waals surface area contributed by atoms with E-state index in [4.69, 9.17) is 4.42 Å². The number of hydrogen-bond acceptors (Lipinski definition) is 8. The van der Waals surface area contributed by atoms with Crippen LogP contribution in [0.15, 0.2) is 62.4 Å². The molecule has 0 atom stereocenters. The van der Waals surface area contributed by atoms with Crippen molar-refractivity contribution in [1.29, 1.82) is 0 Å². The number of aromatic nitrogens is 4. The van der Waals surface area contributed by atoms with Crippen LogP contribution in [0.1, 0.15) is 11.1 Å². The van der Waals surface area contributed by atoms with E-state index in [1.165, 1.54) is 15.9 Å². The van der Waals surface area contributed by atoms with E-state index >= 15 is 0 Å². The van der Waals surface area contributed by atoms with Crippen molar-refractivity contribution in [2.24, 2.45) is 0 Å². The predicted octanol–water partition coefficient (Wildman–Crippen LogP) is 4.15. The third kappa shape index (κ3) is 2.71. The number of anilines is 2. The van der Waals surface area contributed by atoms with Crippen molar-refractivity contribution in [3.05, 3.63) is 59.2 Å². The van der Waals surface area contributed by atoms with E-state index in [1.807, 2.05) is 38.4 Å². The monoisotopic (exact) mass is 439 g/mol. The molecule has 0 unspecified atom stereocenters. The first-order valence-corrected chi connectivity index (χ1v) is 11.5. The lowest BCUT2D eigenvalue weighted by Gasteiger charge is -2.16. The van der Waals surface area contributed by atoms with Crippen molar-refractivity contribution in [3.8, 4) is 0 Å². The molecule has 4 heterocycles. The predicted molar refractivity (Wildman–Crippen MR) is 114 cm³/mol. The van der Waals surface area contributed by atoms with Crippen LogP contribution < -0.4 is 4.90 Å². The maximum atomic E-state index is 13.4. The van der Waals surface area contributed by atoms with Crippen LogP contribution >= 0.6 is 11.3 Å². The molecule has 30 heavy (non-hydrogen) atoms. The van der Waals surface area contributed by atoms with Gasteiger partial charge in [-0.15, -0.1) is 16.4 Å². The molecular formula is C20H17N5O3S2. The average molecular weight is 440 g/mol. The summed E-state index contributed by atoms with van der Waals surface area (Å²) in [4.78, 5) is 6.60. The number of fused-ring (bicyclic) bond motifs is 3. The number of rotatable bonds is 4. The van der Waals surface area contributed by atoms with Gasteiger partial charge in [0.1, 0.15) is 0 Å². The fourth-order valence-corrected chi connectivity index (χ4v) is 5.48. The lowest BCUT2D eigenvalue weighted by molar-refractivity contribution is 0.569. The molecule has 152 valence electrons. The SMILES string of the molecule is Cc1ccc(S(=O)(=O)c2nnn3c2nc(N(C)c2ccco2)c2sccc23)cc1C. The standard InChI is InChI=1S/C20H17N5O3S2/c1-12-6-7-14(11-13(12)2)30(26,27)20-19-21-18(24(3)16-5-4-9-28-16)17-15(8-10-29-17)25(19)23-22-20/h4-11H,1-3H3. The van der Waals surface area contributed by atoms with Crippen LogP contribution in [-0.4, -0.2) is 35.3 Å². The van der Waals surface area contributed by atoms with Crippen molar-refractivity contribution in [1.82, 2.24) is 19.8 Å². The second-order valence-electron chi connectivity index (χ2n) is 6.96. The Hall–Kier alpha value is -3.24. The van der Waals surface area contributed by atoms with Crippen molar-refractivity contribution in [2.75, 3.05) is 11.9 Å². The van der Waals surface area contributed by atoms with E-state index in [9.17, 15) is 8.42 Å². The van der Waals surface area contributed by atoms with Gasteiger partial charge in [-0.1, -0.05) is 11.3 Å². The van der Waals surface area contributed by atoms with Gasteiger partial charge in [-0.2, -0.15) is 4.52 Å². The second-order valence-corrected chi connectivity index (χ2v) is 9.74. The van der Waals surface area contributed by atoms with Gasteiger partial charge in [0.25, 0.3) is 0 Å². The van der Waals surface area contributed by atoms with Gasteiger partial charge in [-0.3, -0.25) is 4.90 Å². The molecule has 0 N–H and O–H groups in total. The summed E-state index contributed by atoms with van der Waals surface area (Å²) in [6, 6.07) is 10.5. The summed E-state index contributed by atoms with van der Waals surface area (Å²) in [6.07, 6.45) is 1.58. The summed E-state index contributed by atoms with van der Waals surface area (Å²) in [7, 11) is -2.09. The number of furan rings is 1. The molecule has 4 aromatic heterocycles. The summed E-state index contributed by atoms with van der Waals surface area (Å²) in [6.45, 7) is 3.81. The molecule has 0 saturated carbocycles. The van der Waals surface area contributed by atoms with Gasteiger partial charge in [0.15, 0.2) is 11.5 Å². The summed E-state index contributed by atoms with van der Waals surface area (Å²) >= 11 is 1.49. The van der Waals surface area contributed by atoms with Crippen molar-refractivity contribution < 1.29 is 12.8 Å². The Balaban J connectivity index is 1.77. The second kappa shape index (κ2) is 6.64. The molecule has 0 aliphatic carbocycles. The highest BCUT2D eigenvalue weighted by molar-refractivity contribution is 7.91. The molecule has 5 rings (SSSR count). The molecular weight excluding hydrogens is 422 g/mol. The van der Waals surface area contributed by atoms with E-state index in [2.05, 4.69) is 15.3 Å². The van der Waals surface area contributed by atoms with Crippen LogP contribution in [0.4, 0.5) is 11.7 Å². The highest BCUT2D eigenvalue weighted by atomic mass is 32.2. The van der Waals surface area contributed by atoms with Crippen LogP contribution in [0.5, 0.6) is 0 Å². The summed E-state index contributed by atoms with van der Waals surface area (Å²) in [5.74, 6) is 1.16. The van der Waals surface area contributed by atoms with E-state index in [1.54, 1.807) is 35.4 Å². The lowest BCUT2D eigenvalue weighted by Crippen LogP contribution is -2.12. The smallest absolute Gasteiger partial charge is 0.229 e. The van der Waals surface area contributed by atoms with Crippen molar-refractivity contribution >= 4 is 48.7 Å². The Bertz CT molecular complexity index is 1500. The topological polar surface area (TPSA) is 93.6 Å². The summed E-state index contributed by atoms with van der Waals surface area (Å²) < 4.78 is 34.6. The molecule has 10 heteroatoms. The fraction of sp³-hybridized carbons (Fsp3) is 0.150. The molecule has 0 bridgehead atoms. The first-order valence-electron chi connectivity index (χ1n) is 9.10. The molecule has 0 aliphatic heterocycles. The fourth-order valence-electron chi connectivity index (χ4n) is 3.27. The molecule has 0 saturated heterocycles. The molecule has 8 nitrogen and oxygen atoms in total. The Labute approximate surface area is 176 Å². The maximum absolute atomic E-state index is 13.4. The van der Waals surface area contributed by atoms with Gasteiger partial charge >= 0.3 is 0 Å². The molecule has 1 aromatic carbocycles. The van der Waals surface area contributed by atoms with Gasteiger partial charge < -0.3 is 4.42 Å². The molecule has 5 aromatic rings. The number of hydrogen-bond donors (Lipinski definition) is 0. The molecule has 0 fully saturated rings. The average Bonchev–Trinajstić information content (AvgIpc) is 3.47. The van der Waals surface area contributed by atoms with Gasteiger partial charge in [0.2, 0.25) is 20.7 Å². The van der Waals surface area contributed by atoms with Gasteiger partial charge in [-0.05, 0) is 54.6 Å². The highest BCUT2D eigenvalue weighted by Gasteiger charge is 2.28. The van der Waals surface area contributed by atoms with Gasteiger partial charge in [0.05, 0.1) is 21.4 Å². The Morgan fingerprint density at radius 3 is 2.70 bits per heavy atom. The lowest BCUT2D eigenvalue weighted by atomic mass is 10.1. The third-order valence-electron chi connectivity index (χ3n) is 5.10. The van der Waals surface area contributed by atoms with Crippen LogP contribution in [0.2, 0.25) is 0 Å². The first kappa shape index (κ1) is 18.8. The molecule has 0 amide bonds. The van der Waals surface area contributed by atoms with E-state index in [0.717, 1.165) is 21.3 Å². The largest absolute Gasteiger partial charge is 0.448 e. The van der Waals surface area contributed by atoms with Gasteiger partial charge in [0, 0.05) is 13.1 Å². The zero-order valence-corrected chi connectivity index (χ0v) is 18.0. The highest BCUT2D eigenvalue weighted by Crippen LogP contribution is 2.35. The number of benzene rings is 1. The number of thiophene rings is 1. The van der Waals surface area contributed by atoms with Crippen molar-refractivity contribution in [2.45, 2.75) is 23.8 Å². The minimum absolute atomic E-state index is 0.168. The quantitative estimate of drug-likeness (QED) is 0.415. The summed E-state index contributed by atoms with van der Waals surface area (Å²) in [5.41, 5.74) is 2.81. The number of aryl methyl sites for hydroxylation is 2. The third-order valence-corrected chi connectivity index (χ3v) is 7.65. The normalized spacial score (nSPS) is 12.1. The number of nitrogens with zero attached hydrogens (tertiary/aromatic N) is 5. The van der Waals surface area contributed by atoms with E-state index in [0.29, 0.717) is 11.7 Å². The minimum Gasteiger partial charge on any atom is -0.448 e. The van der Waals surface area contributed by atoms with Crippen LogP contribution in [0, 0.1) is 13.8 Å². The zero-order chi connectivity index (χ0) is 21.0. The van der Waals surface area contributed by atoms with E-state index < -0.39 is 9.84 Å². The molecule has 0 radical (unpaired) electrons. The van der Waals surface area contributed by atoms with E-state index in [-0.39, 0.29) is 15.6 Å². The Kier molecular flexibility index (Phi) is 4.16. The molecule has 0 aliphatic rings. The summed E-state index contributed by atoms with van der Waals surface area (Å²) in [5, 5.41) is 9.85. The van der Waals surface area contributed by atoms with Crippen LogP contribution in [-0.2, 0) is 9.84 Å². The zero-order valence-electron chi connectivity index (χ0n) is 16.4. The van der Waals surface area contributed by atoms with Crippen LogP contribution in [0.3, 0.4) is 0 Å². The van der Waals surface area contributed by atoms with Crippen LogP contribution in [0.25, 0.3) is 15.9 Å². The number of sulfone groups is 1. The maximum Gasteiger partial charge on any atom is 0.229 e. The van der Waals surface area contributed by atoms with Gasteiger partial charge in [-0.25, -0.2) is 13.4 Å². The Morgan fingerprint density at radius 1 is 1.13 bits per heavy atom.